The Kier molecular flexibility index (Phi) is 3.93. The fraction of sp³-hybridized carbons (Fsp3) is 0.111. The Morgan fingerprint density at radius 3 is 2.50 bits per heavy atom. The summed E-state index contributed by atoms with van der Waals surface area (Å²) < 4.78 is 34.1. The van der Waals surface area contributed by atoms with E-state index in [2.05, 4.69) is 26.1 Å². The number of thioether (sulfide) groups is 1. The van der Waals surface area contributed by atoms with Gasteiger partial charge < -0.3 is 8.60 Å². The molecule has 9 heteroatoms. The molecule has 0 radical (unpaired) electrons. The third kappa shape index (κ3) is 3.03. The van der Waals surface area contributed by atoms with Crippen LogP contribution >= 0.6 is 27.7 Å². The van der Waals surface area contributed by atoms with E-state index in [0.717, 1.165) is 4.47 Å². The van der Waals surface area contributed by atoms with E-state index in [1.54, 1.807) is 18.4 Å². The van der Waals surface area contributed by atoms with E-state index >= 15 is 0 Å². The zero-order chi connectivity index (χ0) is 13.2. The summed E-state index contributed by atoms with van der Waals surface area (Å²) in [6.07, 6.45) is 1.32. The molecule has 0 unspecified atom stereocenters. The zero-order valence-electron chi connectivity index (χ0n) is 9.03. The van der Waals surface area contributed by atoms with Crippen LogP contribution in [0.5, 0.6) is 6.08 Å². The highest BCUT2D eigenvalue weighted by atomic mass is 79.9. The summed E-state index contributed by atoms with van der Waals surface area (Å²) in [6.45, 7) is 0. The lowest BCUT2D eigenvalue weighted by Crippen LogP contribution is -2.09. The van der Waals surface area contributed by atoms with E-state index in [0.29, 0.717) is 0 Å². The van der Waals surface area contributed by atoms with Gasteiger partial charge in [0.2, 0.25) is 0 Å². The van der Waals surface area contributed by atoms with Crippen molar-refractivity contribution in [3.8, 4) is 6.08 Å². The minimum Gasteiger partial charge on any atom is -0.382 e. The Labute approximate surface area is 116 Å². The number of aromatic nitrogens is 2. The van der Waals surface area contributed by atoms with Crippen LogP contribution in [0.25, 0.3) is 0 Å². The quantitative estimate of drug-likeness (QED) is 0.617. The molecule has 0 saturated heterocycles. The van der Waals surface area contributed by atoms with Gasteiger partial charge in [-0.25, -0.2) is 0 Å². The van der Waals surface area contributed by atoms with E-state index in [1.807, 2.05) is 0 Å². The van der Waals surface area contributed by atoms with E-state index in [4.69, 9.17) is 8.60 Å². The van der Waals surface area contributed by atoms with Gasteiger partial charge in [-0.1, -0.05) is 37.9 Å². The SMILES string of the molecule is CSc1nnc(OS(=O)(=O)c2ccc(Br)cc2)o1. The molecular weight excluding hydrogens is 344 g/mol. The second-order valence-corrected chi connectivity index (χ2v) is 6.25. The maximum Gasteiger partial charge on any atom is 0.431 e. The first-order chi connectivity index (χ1) is 8.51. The Bertz CT molecular complexity index is 639. The van der Waals surface area contributed by atoms with Gasteiger partial charge in [0.1, 0.15) is 4.90 Å². The van der Waals surface area contributed by atoms with Gasteiger partial charge in [0.05, 0.1) is 0 Å². The van der Waals surface area contributed by atoms with Crippen LogP contribution in [0.1, 0.15) is 0 Å². The minimum absolute atomic E-state index is 0.00889. The molecule has 0 aliphatic carbocycles. The lowest BCUT2D eigenvalue weighted by molar-refractivity contribution is 0.333. The monoisotopic (exact) mass is 350 g/mol. The molecule has 0 atom stereocenters. The van der Waals surface area contributed by atoms with Crippen molar-refractivity contribution in [1.29, 1.82) is 0 Å². The topological polar surface area (TPSA) is 82.3 Å². The molecule has 0 aliphatic rings. The van der Waals surface area contributed by atoms with Gasteiger partial charge in [-0.3, -0.25) is 0 Å². The van der Waals surface area contributed by atoms with Crippen molar-refractivity contribution >= 4 is 37.8 Å². The average Bonchev–Trinajstić information content (AvgIpc) is 2.76. The van der Waals surface area contributed by atoms with Crippen molar-refractivity contribution in [2.45, 2.75) is 10.1 Å². The highest BCUT2D eigenvalue weighted by Crippen LogP contribution is 2.21. The number of halogens is 1. The van der Waals surface area contributed by atoms with Gasteiger partial charge in [-0.15, -0.1) is 0 Å². The summed E-state index contributed by atoms with van der Waals surface area (Å²) in [7, 11) is -3.95. The number of hydrogen-bond donors (Lipinski definition) is 0. The number of benzene rings is 1. The van der Waals surface area contributed by atoms with Gasteiger partial charge in [0, 0.05) is 4.47 Å². The molecule has 1 aromatic heterocycles. The van der Waals surface area contributed by atoms with E-state index in [-0.39, 0.29) is 10.1 Å². The smallest absolute Gasteiger partial charge is 0.382 e. The second-order valence-electron chi connectivity index (χ2n) is 3.03. The van der Waals surface area contributed by atoms with E-state index < -0.39 is 16.2 Å². The third-order valence-corrected chi connectivity index (χ3v) is 4.10. The first-order valence-electron chi connectivity index (χ1n) is 4.59. The molecule has 0 aliphatic heterocycles. The molecule has 1 heterocycles. The Morgan fingerprint density at radius 2 is 1.94 bits per heavy atom. The molecule has 0 saturated carbocycles. The minimum atomic E-state index is -3.95. The molecule has 6 nitrogen and oxygen atoms in total. The maximum atomic E-state index is 11.8. The Balaban J connectivity index is 2.24. The Hall–Kier alpha value is -1.06. The van der Waals surface area contributed by atoms with Gasteiger partial charge in [0.25, 0.3) is 5.22 Å². The van der Waals surface area contributed by atoms with Crippen LogP contribution in [0.3, 0.4) is 0 Å². The molecular formula is C9H7BrN2O4S2. The van der Waals surface area contributed by atoms with Crippen molar-refractivity contribution in [3.05, 3.63) is 28.7 Å². The van der Waals surface area contributed by atoms with Crippen LogP contribution < -0.4 is 4.18 Å². The molecule has 0 N–H and O–H groups in total. The van der Waals surface area contributed by atoms with E-state index in [9.17, 15) is 8.42 Å². The van der Waals surface area contributed by atoms with Gasteiger partial charge >= 0.3 is 16.2 Å². The fourth-order valence-corrected chi connectivity index (χ4v) is 2.42. The first kappa shape index (κ1) is 13.4. The molecule has 0 spiro atoms. The largest absolute Gasteiger partial charge is 0.431 e. The average molecular weight is 351 g/mol. The van der Waals surface area contributed by atoms with Gasteiger partial charge in [-0.05, 0) is 30.5 Å². The molecule has 1 aromatic carbocycles. The number of nitrogens with zero attached hydrogens (tertiary/aromatic N) is 2. The molecule has 2 rings (SSSR count). The van der Waals surface area contributed by atoms with Gasteiger partial charge in [0.15, 0.2) is 0 Å². The fourth-order valence-electron chi connectivity index (χ4n) is 1.06. The maximum absolute atomic E-state index is 11.8. The predicted octanol–water partition coefficient (Wildman–Crippen LogP) is 2.32. The van der Waals surface area contributed by atoms with Crippen molar-refractivity contribution in [1.82, 2.24) is 10.2 Å². The molecule has 96 valence electrons. The summed E-state index contributed by atoms with van der Waals surface area (Å²) in [4.78, 5) is 0.00889. The first-order valence-corrected chi connectivity index (χ1v) is 8.01. The van der Waals surface area contributed by atoms with Crippen molar-refractivity contribution in [3.63, 3.8) is 0 Å². The van der Waals surface area contributed by atoms with Crippen LogP contribution in [0, 0.1) is 0 Å². The molecule has 0 amide bonds. The summed E-state index contributed by atoms with van der Waals surface area (Å²) in [6, 6.07) is 6.01. The van der Waals surface area contributed by atoms with Crippen LogP contribution in [0.15, 0.2) is 43.3 Å². The summed E-state index contributed by atoms with van der Waals surface area (Å²) >= 11 is 4.40. The van der Waals surface area contributed by atoms with Crippen LogP contribution in [-0.2, 0) is 10.1 Å². The molecule has 18 heavy (non-hydrogen) atoms. The number of rotatable bonds is 4. The zero-order valence-corrected chi connectivity index (χ0v) is 12.3. The van der Waals surface area contributed by atoms with Crippen molar-refractivity contribution < 1.29 is 17.0 Å². The van der Waals surface area contributed by atoms with E-state index in [1.165, 1.54) is 23.9 Å². The molecule has 0 fully saturated rings. The standard InChI is InChI=1S/C9H7BrN2O4S2/c1-17-9-12-11-8(15-9)16-18(13,14)7-4-2-6(10)3-5-7/h2-5H,1H3. The number of hydrogen-bond acceptors (Lipinski definition) is 7. The predicted molar refractivity (Wildman–Crippen MR) is 68.0 cm³/mol. The lowest BCUT2D eigenvalue weighted by Gasteiger charge is -2.02. The van der Waals surface area contributed by atoms with Crippen LogP contribution in [-0.4, -0.2) is 24.9 Å². The summed E-state index contributed by atoms with van der Waals surface area (Å²) in [5.41, 5.74) is 0. The highest BCUT2D eigenvalue weighted by molar-refractivity contribution is 9.10. The van der Waals surface area contributed by atoms with Crippen LogP contribution in [0.2, 0.25) is 0 Å². The summed E-state index contributed by atoms with van der Waals surface area (Å²) in [5, 5.41) is 7.28. The second kappa shape index (κ2) is 5.29. The third-order valence-electron chi connectivity index (χ3n) is 1.85. The van der Waals surface area contributed by atoms with Crippen molar-refractivity contribution in [2.24, 2.45) is 0 Å². The lowest BCUT2D eigenvalue weighted by atomic mass is 10.4. The normalized spacial score (nSPS) is 11.4. The van der Waals surface area contributed by atoms with Gasteiger partial charge in [-0.2, -0.15) is 8.42 Å². The van der Waals surface area contributed by atoms with Crippen LogP contribution in [0.4, 0.5) is 0 Å². The Morgan fingerprint density at radius 1 is 1.28 bits per heavy atom. The molecule has 2 aromatic rings. The highest BCUT2D eigenvalue weighted by Gasteiger charge is 2.20. The van der Waals surface area contributed by atoms with Crippen molar-refractivity contribution in [2.75, 3.05) is 6.26 Å². The molecule has 0 bridgehead atoms. The summed E-state index contributed by atoms with van der Waals surface area (Å²) in [5.74, 6) is 0.